The van der Waals surface area contributed by atoms with Crippen LogP contribution in [0, 0.1) is 0 Å². The molecule has 1 amide bonds. The molecule has 27 heavy (non-hydrogen) atoms. The van der Waals surface area contributed by atoms with E-state index in [1.54, 1.807) is 36.4 Å². The van der Waals surface area contributed by atoms with Crippen molar-refractivity contribution in [2.45, 2.75) is 32.5 Å². The summed E-state index contributed by atoms with van der Waals surface area (Å²) in [5, 5.41) is 11.7. The van der Waals surface area contributed by atoms with E-state index < -0.39 is 5.97 Å². The Kier molecular flexibility index (Phi) is 5.76. The summed E-state index contributed by atoms with van der Waals surface area (Å²) in [7, 11) is 0. The van der Waals surface area contributed by atoms with E-state index in [1.807, 2.05) is 12.1 Å². The second-order valence-corrected chi connectivity index (χ2v) is 6.93. The summed E-state index contributed by atoms with van der Waals surface area (Å²) in [5.74, 6) is -1.13. The number of nitrogens with one attached hydrogen (secondary N) is 1. The van der Waals surface area contributed by atoms with E-state index in [2.05, 4.69) is 24.1 Å². The summed E-state index contributed by atoms with van der Waals surface area (Å²) in [6.45, 7) is 5.77. The summed E-state index contributed by atoms with van der Waals surface area (Å²) in [4.78, 5) is 25.6. The lowest BCUT2D eigenvalue weighted by Gasteiger charge is -2.36. The first-order chi connectivity index (χ1) is 12.9. The highest BCUT2D eigenvalue weighted by atomic mass is 16.5. The maximum Gasteiger partial charge on any atom is 0.307 e. The molecule has 6 heteroatoms. The fraction of sp³-hybridized carbons (Fsp3) is 0.333. The number of carboxylic acids is 1. The van der Waals surface area contributed by atoms with Crippen LogP contribution in [0.2, 0.25) is 0 Å². The molecule has 142 valence electrons. The van der Waals surface area contributed by atoms with Crippen molar-refractivity contribution in [1.82, 2.24) is 0 Å². The van der Waals surface area contributed by atoms with Crippen LogP contribution >= 0.6 is 0 Å². The van der Waals surface area contributed by atoms with E-state index in [0.717, 1.165) is 18.8 Å². The second-order valence-electron chi connectivity index (χ2n) is 6.93. The first-order valence-electron chi connectivity index (χ1n) is 9.03. The summed E-state index contributed by atoms with van der Waals surface area (Å²) in [5.41, 5.74) is 2.85. The summed E-state index contributed by atoms with van der Waals surface area (Å²) >= 11 is 0. The predicted octanol–water partition coefficient (Wildman–Crippen LogP) is 3.18. The van der Waals surface area contributed by atoms with Gasteiger partial charge in [0.1, 0.15) is 0 Å². The monoisotopic (exact) mass is 368 g/mol. The molecule has 0 radical (unpaired) electrons. The maximum atomic E-state index is 12.5. The van der Waals surface area contributed by atoms with E-state index in [0.29, 0.717) is 16.8 Å². The van der Waals surface area contributed by atoms with Crippen molar-refractivity contribution in [3.05, 3.63) is 59.7 Å². The van der Waals surface area contributed by atoms with Crippen LogP contribution < -0.4 is 10.2 Å². The number of nitrogens with zero attached hydrogens (tertiary/aromatic N) is 1. The number of carbonyl (C=O) groups is 2. The third-order valence-electron chi connectivity index (χ3n) is 4.45. The quantitative estimate of drug-likeness (QED) is 0.847. The van der Waals surface area contributed by atoms with Gasteiger partial charge < -0.3 is 20.1 Å². The molecule has 0 saturated carbocycles. The topological polar surface area (TPSA) is 78.9 Å². The zero-order valence-corrected chi connectivity index (χ0v) is 15.5. The standard InChI is InChI=1S/C21H24N2O4/c1-14-12-23(13-15(2)27-14)19-8-6-17(7-9-19)21(26)22-18-5-3-4-16(10-18)11-20(24)25/h3-10,14-15H,11-13H2,1-2H3,(H,22,26)(H,24,25). The van der Waals surface area contributed by atoms with Crippen LogP contribution in [0.25, 0.3) is 0 Å². The van der Waals surface area contributed by atoms with Gasteiger partial charge in [0.15, 0.2) is 0 Å². The van der Waals surface area contributed by atoms with Crippen LogP contribution in [0.4, 0.5) is 11.4 Å². The molecule has 2 N–H and O–H groups in total. The highest BCUT2D eigenvalue weighted by Gasteiger charge is 2.22. The molecule has 2 unspecified atom stereocenters. The molecule has 1 heterocycles. The number of rotatable bonds is 5. The Labute approximate surface area is 158 Å². The normalized spacial score (nSPS) is 19.6. The molecule has 2 atom stereocenters. The third kappa shape index (κ3) is 5.08. The molecule has 0 aliphatic carbocycles. The van der Waals surface area contributed by atoms with Crippen molar-refractivity contribution in [3.8, 4) is 0 Å². The largest absolute Gasteiger partial charge is 0.481 e. The molecule has 0 bridgehead atoms. The lowest BCUT2D eigenvalue weighted by molar-refractivity contribution is -0.136. The third-order valence-corrected chi connectivity index (χ3v) is 4.45. The molecule has 2 aromatic carbocycles. The number of ether oxygens (including phenoxy) is 1. The Balaban J connectivity index is 1.66. The average Bonchev–Trinajstić information content (AvgIpc) is 2.61. The van der Waals surface area contributed by atoms with Gasteiger partial charge in [-0.3, -0.25) is 9.59 Å². The van der Waals surface area contributed by atoms with Crippen molar-refractivity contribution in [2.24, 2.45) is 0 Å². The van der Waals surface area contributed by atoms with Crippen molar-refractivity contribution in [3.63, 3.8) is 0 Å². The van der Waals surface area contributed by atoms with E-state index in [-0.39, 0.29) is 24.5 Å². The number of carboxylic acid groups (broad SMARTS) is 1. The van der Waals surface area contributed by atoms with Gasteiger partial charge in [0.25, 0.3) is 5.91 Å². The Morgan fingerprint density at radius 3 is 2.41 bits per heavy atom. The van der Waals surface area contributed by atoms with Crippen LogP contribution in [-0.2, 0) is 16.0 Å². The smallest absolute Gasteiger partial charge is 0.307 e. The molecule has 1 aliphatic rings. The van der Waals surface area contributed by atoms with Crippen molar-refractivity contribution in [1.29, 1.82) is 0 Å². The van der Waals surface area contributed by atoms with Gasteiger partial charge in [-0.25, -0.2) is 0 Å². The Bertz CT molecular complexity index is 809. The van der Waals surface area contributed by atoms with Gasteiger partial charge in [-0.1, -0.05) is 12.1 Å². The van der Waals surface area contributed by atoms with Crippen molar-refractivity contribution < 1.29 is 19.4 Å². The van der Waals surface area contributed by atoms with Crippen LogP contribution in [-0.4, -0.2) is 42.3 Å². The number of carbonyl (C=O) groups excluding carboxylic acids is 1. The van der Waals surface area contributed by atoms with Crippen LogP contribution in [0.5, 0.6) is 0 Å². The van der Waals surface area contributed by atoms with E-state index >= 15 is 0 Å². The number of morpholine rings is 1. The number of aliphatic carboxylic acids is 1. The fourth-order valence-electron chi connectivity index (χ4n) is 3.35. The molecule has 1 fully saturated rings. The maximum absolute atomic E-state index is 12.5. The molecule has 0 spiro atoms. The predicted molar refractivity (Wildman–Crippen MR) is 104 cm³/mol. The first-order valence-corrected chi connectivity index (χ1v) is 9.03. The molecule has 1 saturated heterocycles. The van der Waals surface area contributed by atoms with Gasteiger partial charge in [-0.05, 0) is 55.8 Å². The fourth-order valence-corrected chi connectivity index (χ4v) is 3.35. The van der Waals surface area contributed by atoms with E-state index in [1.165, 1.54) is 0 Å². The van der Waals surface area contributed by atoms with Gasteiger partial charge in [0.05, 0.1) is 18.6 Å². The van der Waals surface area contributed by atoms with Gasteiger partial charge >= 0.3 is 5.97 Å². The average molecular weight is 368 g/mol. The zero-order chi connectivity index (χ0) is 19.4. The highest BCUT2D eigenvalue weighted by Crippen LogP contribution is 2.21. The summed E-state index contributed by atoms with van der Waals surface area (Å²) < 4.78 is 5.76. The molecule has 3 rings (SSSR count). The molecular weight excluding hydrogens is 344 g/mol. The zero-order valence-electron chi connectivity index (χ0n) is 15.5. The minimum atomic E-state index is -0.902. The Morgan fingerprint density at radius 1 is 1.11 bits per heavy atom. The minimum Gasteiger partial charge on any atom is -0.481 e. The van der Waals surface area contributed by atoms with E-state index in [4.69, 9.17) is 9.84 Å². The molecule has 6 nitrogen and oxygen atoms in total. The number of hydrogen-bond acceptors (Lipinski definition) is 4. The molecule has 0 aromatic heterocycles. The number of amides is 1. The summed E-state index contributed by atoms with van der Waals surface area (Å²) in [6.07, 6.45) is 0.277. The van der Waals surface area contributed by atoms with Gasteiger partial charge in [0, 0.05) is 30.0 Å². The minimum absolute atomic E-state index is 0.0746. The van der Waals surface area contributed by atoms with Crippen molar-refractivity contribution >= 4 is 23.3 Å². The van der Waals surface area contributed by atoms with Crippen LogP contribution in [0.3, 0.4) is 0 Å². The Hall–Kier alpha value is -2.86. The number of benzene rings is 2. The highest BCUT2D eigenvalue weighted by molar-refractivity contribution is 6.04. The number of hydrogen-bond donors (Lipinski definition) is 2. The van der Waals surface area contributed by atoms with Crippen LogP contribution in [0.1, 0.15) is 29.8 Å². The van der Waals surface area contributed by atoms with E-state index in [9.17, 15) is 9.59 Å². The molecular formula is C21H24N2O4. The Morgan fingerprint density at radius 2 is 1.78 bits per heavy atom. The molecule has 2 aromatic rings. The van der Waals surface area contributed by atoms with Gasteiger partial charge in [-0.2, -0.15) is 0 Å². The second kappa shape index (κ2) is 8.22. The van der Waals surface area contributed by atoms with Crippen molar-refractivity contribution in [2.75, 3.05) is 23.3 Å². The first kappa shape index (κ1) is 18.9. The molecule has 1 aliphatic heterocycles. The van der Waals surface area contributed by atoms with Gasteiger partial charge in [0.2, 0.25) is 0 Å². The number of anilines is 2. The lowest BCUT2D eigenvalue weighted by Crippen LogP contribution is -2.45. The van der Waals surface area contributed by atoms with Gasteiger partial charge in [-0.15, -0.1) is 0 Å². The SMILES string of the molecule is CC1CN(c2ccc(C(=O)Nc3cccc(CC(=O)O)c3)cc2)CC(C)O1. The summed E-state index contributed by atoms with van der Waals surface area (Å²) in [6, 6.07) is 14.4. The lowest BCUT2D eigenvalue weighted by atomic mass is 10.1. The van der Waals surface area contributed by atoms with Crippen LogP contribution in [0.15, 0.2) is 48.5 Å².